The van der Waals surface area contributed by atoms with Gasteiger partial charge in [-0.25, -0.2) is 0 Å². The number of amides is 1. The predicted octanol–water partition coefficient (Wildman–Crippen LogP) is 2.95. The third-order valence-electron chi connectivity index (χ3n) is 3.08. The highest BCUT2D eigenvalue weighted by Gasteiger charge is 2.13. The molecule has 0 saturated carbocycles. The van der Waals surface area contributed by atoms with E-state index < -0.39 is 0 Å². The van der Waals surface area contributed by atoms with E-state index in [1.165, 1.54) is 5.56 Å². The molecular weight excluding hydrogens is 224 g/mol. The van der Waals surface area contributed by atoms with Crippen molar-refractivity contribution >= 4 is 11.6 Å². The third kappa shape index (κ3) is 4.49. The van der Waals surface area contributed by atoms with Gasteiger partial charge in [0.05, 0.1) is 0 Å². The summed E-state index contributed by atoms with van der Waals surface area (Å²) in [5.41, 5.74) is 7.62. The summed E-state index contributed by atoms with van der Waals surface area (Å²) in [6.07, 6.45) is 3.81. The number of hydrogen-bond donors (Lipinski definition) is 2. The summed E-state index contributed by atoms with van der Waals surface area (Å²) in [4.78, 5) is 12.0. The lowest BCUT2D eigenvalue weighted by molar-refractivity contribution is -0.119. The van der Waals surface area contributed by atoms with Gasteiger partial charge in [0.1, 0.15) is 0 Å². The van der Waals surface area contributed by atoms with Gasteiger partial charge < -0.3 is 11.1 Å². The summed E-state index contributed by atoms with van der Waals surface area (Å²) < 4.78 is 0. The number of rotatable bonds is 7. The van der Waals surface area contributed by atoms with Crippen LogP contribution in [0.25, 0.3) is 0 Å². The highest BCUT2D eigenvalue weighted by Crippen LogP contribution is 2.18. The van der Waals surface area contributed by atoms with Crippen LogP contribution in [0.1, 0.15) is 38.7 Å². The maximum Gasteiger partial charge on any atom is 0.227 e. The van der Waals surface area contributed by atoms with Gasteiger partial charge in [0, 0.05) is 11.6 Å². The summed E-state index contributed by atoms with van der Waals surface area (Å²) >= 11 is 0. The molecule has 18 heavy (non-hydrogen) atoms. The van der Waals surface area contributed by atoms with Gasteiger partial charge in [0.15, 0.2) is 0 Å². The summed E-state index contributed by atoms with van der Waals surface area (Å²) in [6, 6.07) is 8.01. The Morgan fingerprint density at radius 1 is 1.39 bits per heavy atom. The zero-order valence-corrected chi connectivity index (χ0v) is 11.4. The average molecular weight is 248 g/mol. The smallest absolute Gasteiger partial charge is 0.227 e. The molecule has 1 aromatic rings. The highest BCUT2D eigenvalue weighted by molar-refractivity contribution is 5.93. The lowest BCUT2D eigenvalue weighted by Crippen LogP contribution is -2.21. The Balaban J connectivity index is 2.63. The van der Waals surface area contributed by atoms with E-state index in [0.717, 1.165) is 31.4 Å². The molecule has 100 valence electrons. The molecule has 1 amide bonds. The van der Waals surface area contributed by atoms with E-state index >= 15 is 0 Å². The molecule has 3 nitrogen and oxygen atoms in total. The molecule has 0 fully saturated rings. The third-order valence-corrected chi connectivity index (χ3v) is 3.08. The lowest BCUT2D eigenvalue weighted by Gasteiger charge is -2.14. The Bertz CT molecular complexity index is 377. The first kappa shape index (κ1) is 14.7. The van der Waals surface area contributed by atoms with Crippen LogP contribution in [0.15, 0.2) is 24.3 Å². The summed E-state index contributed by atoms with van der Waals surface area (Å²) in [5, 5.41) is 3.02. The first-order valence-corrected chi connectivity index (χ1v) is 6.77. The molecule has 1 aromatic carbocycles. The van der Waals surface area contributed by atoms with Gasteiger partial charge in [0.25, 0.3) is 0 Å². The number of carbonyl (C=O) groups excluding carboxylic acids is 1. The number of benzene rings is 1. The summed E-state index contributed by atoms with van der Waals surface area (Å²) in [6.45, 7) is 4.74. The molecule has 0 saturated heterocycles. The summed E-state index contributed by atoms with van der Waals surface area (Å²) in [7, 11) is 0. The fourth-order valence-electron chi connectivity index (χ4n) is 1.94. The van der Waals surface area contributed by atoms with Crippen LogP contribution in [0.2, 0.25) is 0 Å². The van der Waals surface area contributed by atoms with Gasteiger partial charge >= 0.3 is 0 Å². The molecule has 0 bridgehead atoms. The van der Waals surface area contributed by atoms with Crippen LogP contribution in [0.5, 0.6) is 0 Å². The fraction of sp³-hybridized carbons (Fsp3) is 0.533. The highest BCUT2D eigenvalue weighted by atomic mass is 16.1. The second-order valence-corrected chi connectivity index (χ2v) is 4.73. The SMILES string of the molecule is CCCc1ccccc1NC(=O)C(C)CCCN. The van der Waals surface area contributed by atoms with Gasteiger partial charge in [-0.3, -0.25) is 4.79 Å². The van der Waals surface area contributed by atoms with E-state index in [4.69, 9.17) is 5.73 Å². The van der Waals surface area contributed by atoms with Crippen LogP contribution in [-0.4, -0.2) is 12.5 Å². The molecule has 0 aliphatic heterocycles. The van der Waals surface area contributed by atoms with Crippen molar-refractivity contribution in [2.75, 3.05) is 11.9 Å². The van der Waals surface area contributed by atoms with Crippen molar-refractivity contribution in [3.05, 3.63) is 29.8 Å². The van der Waals surface area contributed by atoms with Crippen molar-refractivity contribution in [3.63, 3.8) is 0 Å². The molecule has 1 rings (SSSR count). The number of anilines is 1. The minimum Gasteiger partial charge on any atom is -0.330 e. The van der Waals surface area contributed by atoms with E-state index in [1.807, 2.05) is 25.1 Å². The fourth-order valence-corrected chi connectivity index (χ4v) is 1.94. The number of hydrogen-bond acceptors (Lipinski definition) is 2. The van der Waals surface area contributed by atoms with E-state index in [9.17, 15) is 4.79 Å². The van der Waals surface area contributed by atoms with Gasteiger partial charge in [-0.1, -0.05) is 38.5 Å². The number of nitrogens with two attached hydrogens (primary N) is 1. The van der Waals surface area contributed by atoms with Crippen molar-refractivity contribution in [1.29, 1.82) is 0 Å². The Hall–Kier alpha value is -1.35. The molecule has 0 spiro atoms. The second kappa shape index (κ2) is 7.88. The molecule has 0 aromatic heterocycles. The number of aryl methyl sites for hydroxylation is 1. The standard InChI is InChI=1S/C15H24N2O/c1-3-7-13-9-4-5-10-14(13)17-15(18)12(2)8-6-11-16/h4-5,9-10,12H,3,6-8,11,16H2,1-2H3,(H,17,18). The maximum atomic E-state index is 12.0. The quantitative estimate of drug-likeness (QED) is 0.779. The van der Waals surface area contributed by atoms with Crippen molar-refractivity contribution < 1.29 is 4.79 Å². The molecule has 1 unspecified atom stereocenters. The van der Waals surface area contributed by atoms with E-state index in [0.29, 0.717) is 6.54 Å². The van der Waals surface area contributed by atoms with E-state index in [-0.39, 0.29) is 11.8 Å². The zero-order valence-electron chi connectivity index (χ0n) is 11.4. The molecule has 0 aliphatic rings. The van der Waals surface area contributed by atoms with Gasteiger partial charge in [0.2, 0.25) is 5.91 Å². The lowest BCUT2D eigenvalue weighted by atomic mass is 10.0. The molecule has 0 aliphatic carbocycles. The van der Waals surface area contributed by atoms with E-state index in [2.05, 4.69) is 18.3 Å². The van der Waals surface area contributed by atoms with E-state index in [1.54, 1.807) is 0 Å². The average Bonchev–Trinajstić information content (AvgIpc) is 2.38. The minimum atomic E-state index is 0.0169. The molecule has 3 heteroatoms. The monoisotopic (exact) mass is 248 g/mol. The Kier molecular flexibility index (Phi) is 6.44. The number of nitrogens with one attached hydrogen (secondary N) is 1. The first-order valence-electron chi connectivity index (χ1n) is 6.77. The van der Waals surface area contributed by atoms with Crippen molar-refractivity contribution in [1.82, 2.24) is 0 Å². The normalized spacial score (nSPS) is 12.2. The van der Waals surface area contributed by atoms with Crippen LogP contribution in [-0.2, 0) is 11.2 Å². The number of carbonyl (C=O) groups is 1. The van der Waals surface area contributed by atoms with Gasteiger partial charge in [-0.15, -0.1) is 0 Å². The minimum absolute atomic E-state index is 0.0169. The largest absolute Gasteiger partial charge is 0.330 e. The van der Waals surface area contributed by atoms with Gasteiger partial charge in [-0.2, -0.15) is 0 Å². The summed E-state index contributed by atoms with van der Waals surface area (Å²) in [5.74, 6) is 0.107. The number of para-hydroxylation sites is 1. The predicted molar refractivity (Wildman–Crippen MR) is 76.5 cm³/mol. The van der Waals surface area contributed by atoms with Crippen LogP contribution in [0.3, 0.4) is 0 Å². The molecule has 1 atom stereocenters. The molecule has 0 heterocycles. The van der Waals surface area contributed by atoms with Crippen molar-refractivity contribution in [3.8, 4) is 0 Å². The van der Waals surface area contributed by atoms with Crippen LogP contribution < -0.4 is 11.1 Å². The van der Waals surface area contributed by atoms with Gasteiger partial charge in [-0.05, 0) is 37.4 Å². The topological polar surface area (TPSA) is 55.1 Å². The molecular formula is C15H24N2O. The second-order valence-electron chi connectivity index (χ2n) is 4.73. The van der Waals surface area contributed by atoms with Crippen LogP contribution in [0, 0.1) is 5.92 Å². The van der Waals surface area contributed by atoms with Crippen molar-refractivity contribution in [2.24, 2.45) is 11.7 Å². The Morgan fingerprint density at radius 2 is 2.11 bits per heavy atom. The Labute approximate surface area is 110 Å². The maximum absolute atomic E-state index is 12.0. The zero-order chi connectivity index (χ0) is 13.4. The molecule has 0 radical (unpaired) electrons. The first-order chi connectivity index (χ1) is 8.69. The van der Waals surface area contributed by atoms with Crippen LogP contribution >= 0.6 is 0 Å². The van der Waals surface area contributed by atoms with Crippen LogP contribution in [0.4, 0.5) is 5.69 Å². The van der Waals surface area contributed by atoms with Crippen molar-refractivity contribution in [2.45, 2.75) is 39.5 Å². The molecule has 3 N–H and O–H groups in total. The Morgan fingerprint density at radius 3 is 2.78 bits per heavy atom.